The fourth-order valence-electron chi connectivity index (χ4n) is 8.04. The summed E-state index contributed by atoms with van der Waals surface area (Å²) in [5.74, 6) is 0.658. The van der Waals surface area contributed by atoms with E-state index in [1.807, 2.05) is 32.0 Å². The monoisotopic (exact) mass is 626 g/mol. The number of aldehydes is 1. The number of fused-ring (bicyclic) bond motifs is 4. The van der Waals surface area contributed by atoms with Crippen LogP contribution in [0.2, 0.25) is 5.02 Å². The number of nitrogens with zero attached hydrogens (tertiary/aromatic N) is 1. The van der Waals surface area contributed by atoms with Gasteiger partial charge in [0.2, 0.25) is 0 Å². The molecule has 2 bridgehead atoms. The average Bonchev–Trinajstić information content (AvgIpc) is 3.11. The van der Waals surface area contributed by atoms with Crippen LogP contribution in [-0.2, 0) is 27.6 Å². The molecule has 2 aromatic carbocycles. The van der Waals surface area contributed by atoms with E-state index in [1.54, 1.807) is 6.07 Å². The number of carbonyl (C=O) groups is 2. The SMILES string of the molecule is CC1CCC[C@](O)(CC=O)C2CCC2CN2C[C@@]3(CCCc4cc(Cl)ccc43)COc3ccc(cc32)C(=O)NS(=O)C1C. The summed E-state index contributed by atoms with van der Waals surface area (Å²) in [5, 5.41) is 12.4. The summed E-state index contributed by atoms with van der Waals surface area (Å²) in [6.07, 6.45) is 7.86. The molecule has 2 heterocycles. The van der Waals surface area contributed by atoms with E-state index in [2.05, 4.69) is 21.8 Å². The fourth-order valence-corrected chi connectivity index (χ4v) is 9.27. The van der Waals surface area contributed by atoms with E-state index in [1.165, 1.54) is 11.1 Å². The second-order valence-electron chi connectivity index (χ2n) is 13.5. The Hall–Kier alpha value is -2.42. The van der Waals surface area contributed by atoms with Crippen LogP contribution in [0.5, 0.6) is 5.75 Å². The first kappa shape index (κ1) is 30.6. The van der Waals surface area contributed by atoms with Crippen LogP contribution in [0, 0.1) is 17.8 Å². The molecule has 9 heteroatoms. The Bertz CT molecular complexity index is 1420. The predicted octanol–water partition coefficient (Wildman–Crippen LogP) is 5.76. The standard InChI is InChI=1S/C34H43ClN2O5S/c1-22-5-3-14-34(40,15-16-38)29-10-7-26(29)19-37-20-33(13-4-6-24-17-27(35)9-11-28(24)33)21-42-31-12-8-25(18-30(31)37)32(39)36-43(41)23(22)2/h8-9,11-12,16-18,22-23,26,29,40H,3-7,10,13-15,19-21H2,1-2H3,(H,36,39)/t22?,23?,26?,29?,33-,34-,43?/m0/s1. The van der Waals surface area contributed by atoms with Gasteiger partial charge in [-0.1, -0.05) is 31.0 Å². The van der Waals surface area contributed by atoms with Gasteiger partial charge in [-0.25, -0.2) is 4.21 Å². The van der Waals surface area contributed by atoms with E-state index in [9.17, 15) is 18.9 Å². The Balaban J connectivity index is 1.42. The number of ether oxygens (including phenoxy) is 1. The molecule has 232 valence electrons. The molecular weight excluding hydrogens is 584 g/mol. The van der Waals surface area contributed by atoms with Crippen LogP contribution in [0.15, 0.2) is 36.4 Å². The third-order valence-electron chi connectivity index (χ3n) is 10.9. The van der Waals surface area contributed by atoms with Crippen molar-refractivity contribution >= 4 is 40.5 Å². The fraction of sp³-hybridized carbons (Fsp3) is 0.588. The Morgan fingerprint density at radius 2 is 1.98 bits per heavy atom. The zero-order valence-corrected chi connectivity index (χ0v) is 26.7. The summed E-state index contributed by atoms with van der Waals surface area (Å²) < 4.78 is 22.5. The maximum absolute atomic E-state index is 13.4. The normalized spacial score (nSPS) is 34.6. The molecule has 4 aliphatic rings. The van der Waals surface area contributed by atoms with Gasteiger partial charge in [0.1, 0.15) is 23.0 Å². The Labute approximate surface area is 262 Å². The van der Waals surface area contributed by atoms with Crippen LogP contribution >= 0.6 is 11.6 Å². The zero-order valence-electron chi connectivity index (χ0n) is 25.1. The molecule has 1 saturated carbocycles. The molecule has 0 radical (unpaired) electrons. The van der Waals surface area contributed by atoms with Crippen molar-refractivity contribution in [3.05, 3.63) is 58.1 Å². The summed E-state index contributed by atoms with van der Waals surface area (Å²) >= 11 is 6.41. The number of nitrogens with one attached hydrogen (secondary N) is 1. The molecule has 0 saturated heterocycles. The number of benzene rings is 2. The van der Waals surface area contributed by atoms with Crippen molar-refractivity contribution in [1.29, 1.82) is 0 Å². The summed E-state index contributed by atoms with van der Waals surface area (Å²) in [6, 6.07) is 11.7. The summed E-state index contributed by atoms with van der Waals surface area (Å²) in [4.78, 5) is 27.5. The summed E-state index contributed by atoms with van der Waals surface area (Å²) in [7, 11) is -1.57. The molecule has 0 aromatic heterocycles. The first-order chi connectivity index (χ1) is 20.6. The number of amides is 1. The van der Waals surface area contributed by atoms with Gasteiger partial charge < -0.3 is 19.5 Å². The highest BCUT2D eigenvalue weighted by Gasteiger charge is 2.48. The van der Waals surface area contributed by atoms with Crippen LogP contribution in [0.4, 0.5) is 5.69 Å². The average molecular weight is 627 g/mol. The highest BCUT2D eigenvalue weighted by molar-refractivity contribution is 7.84. The first-order valence-corrected chi connectivity index (χ1v) is 17.4. The number of aryl methyl sites for hydroxylation is 1. The minimum Gasteiger partial charge on any atom is -0.490 e. The minimum absolute atomic E-state index is 0.0139. The van der Waals surface area contributed by atoms with Crippen LogP contribution in [0.3, 0.4) is 0 Å². The van der Waals surface area contributed by atoms with E-state index >= 15 is 0 Å². The first-order valence-electron chi connectivity index (χ1n) is 15.8. The van der Waals surface area contributed by atoms with E-state index in [4.69, 9.17) is 16.3 Å². The largest absolute Gasteiger partial charge is 0.490 e. The topological polar surface area (TPSA) is 95.9 Å². The second kappa shape index (κ2) is 12.2. The number of hydrogen-bond acceptors (Lipinski definition) is 6. The summed E-state index contributed by atoms with van der Waals surface area (Å²) in [5.41, 5.74) is 2.50. The molecule has 43 heavy (non-hydrogen) atoms. The van der Waals surface area contributed by atoms with Gasteiger partial charge in [0.15, 0.2) is 0 Å². The van der Waals surface area contributed by atoms with Gasteiger partial charge in [-0.3, -0.25) is 9.52 Å². The van der Waals surface area contributed by atoms with Crippen molar-refractivity contribution in [2.75, 3.05) is 24.6 Å². The molecule has 6 rings (SSSR count). The quantitative estimate of drug-likeness (QED) is 0.412. The lowest BCUT2D eigenvalue weighted by Crippen LogP contribution is -2.53. The van der Waals surface area contributed by atoms with Crippen LogP contribution in [0.1, 0.15) is 86.7 Å². The van der Waals surface area contributed by atoms with Gasteiger partial charge >= 0.3 is 0 Å². The molecule has 1 fully saturated rings. The lowest BCUT2D eigenvalue weighted by Gasteiger charge is -2.50. The van der Waals surface area contributed by atoms with Gasteiger partial charge in [-0.05, 0) is 111 Å². The Morgan fingerprint density at radius 1 is 1.14 bits per heavy atom. The number of halogens is 1. The van der Waals surface area contributed by atoms with E-state index in [0.717, 1.165) is 67.7 Å². The number of rotatable bonds is 2. The van der Waals surface area contributed by atoms with Crippen LogP contribution in [0.25, 0.3) is 0 Å². The molecule has 1 amide bonds. The molecule has 5 unspecified atom stereocenters. The van der Waals surface area contributed by atoms with Gasteiger partial charge in [-0.2, -0.15) is 0 Å². The van der Waals surface area contributed by atoms with Crippen molar-refractivity contribution in [1.82, 2.24) is 4.72 Å². The highest BCUT2D eigenvalue weighted by atomic mass is 35.5. The number of aliphatic hydroxyl groups is 1. The number of carbonyl (C=O) groups excluding carboxylic acids is 2. The molecule has 7 nitrogen and oxygen atoms in total. The molecule has 2 N–H and O–H groups in total. The maximum atomic E-state index is 13.4. The maximum Gasteiger partial charge on any atom is 0.263 e. The highest BCUT2D eigenvalue weighted by Crippen LogP contribution is 2.49. The van der Waals surface area contributed by atoms with Gasteiger partial charge in [0, 0.05) is 35.5 Å². The third-order valence-corrected chi connectivity index (χ3v) is 12.7. The van der Waals surface area contributed by atoms with Crippen molar-refractivity contribution in [2.45, 2.75) is 87.9 Å². The van der Waals surface area contributed by atoms with Gasteiger partial charge in [0.05, 0.1) is 23.1 Å². The Morgan fingerprint density at radius 3 is 2.74 bits per heavy atom. The third kappa shape index (κ3) is 5.87. The van der Waals surface area contributed by atoms with E-state index in [-0.39, 0.29) is 40.7 Å². The van der Waals surface area contributed by atoms with E-state index < -0.39 is 16.6 Å². The van der Waals surface area contributed by atoms with Crippen molar-refractivity contribution in [3.63, 3.8) is 0 Å². The zero-order chi connectivity index (χ0) is 30.4. The lowest BCUT2D eigenvalue weighted by atomic mass is 9.62. The molecule has 1 spiro atoms. The molecule has 2 aliphatic carbocycles. The van der Waals surface area contributed by atoms with E-state index in [0.29, 0.717) is 31.7 Å². The smallest absolute Gasteiger partial charge is 0.263 e. The second-order valence-corrected chi connectivity index (χ2v) is 15.5. The van der Waals surface area contributed by atoms with Crippen molar-refractivity contribution in [3.8, 4) is 5.75 Å². The van der Waals surface area contributed by atoms with Gasteiger partial charge in [0.25, 0.3) is 5.91 Å². The predicted molar refractivity (Wildman–Crippen MR) is 170 cm³/mol. The molecule has 2 aliphatic heterocycles. The molecule has 2 aromatic rings. The summed E-state index contributed by atoms with van der Waals surface area (Å²) in [6.45, 7) is 5.84. The number of anilines is 1. The van der Waals surface area contributed by atoms with Crippen molar-refractivity contribution in [2.24, 2.45) is 17.8 Å². The van der Waals surface area contributed by atoms with Gasteiger partial charge in [-0.15, -0.1) is 0 Å². The molecular formula is C34H43ClN2O5S. The van der Waals surface area contributed by atoms with Crippen molar-refractivity contribution < 1.29 is 23.6 Å². The van der Waals surface area contributed by atoms with Crippen LogP contribution in [-0.4, -0.2) is 52.1 Å². The lowest BCUT2D eigenvalue weighted by molar-refractivity contribution is -0.124. The number of hydrogen-bond donors (Lipinski definition) is 2. The minimum atomic E-state index is -1.57. The Kier molecular flexibility index (Phi) is 8.66. The van der Waals surface area contributed by atoms with Crippen LogP contribution < -0.4 is 14.4 Å². The molecule has 7 atom stereocenters.